The lowest BCUT2D eigenvalue weighted by atomic mass is 10.1. The van der Waals surface area contributed by atoms with Crippen LogP contribution in [0.1, 0.15) is 5.69 Å². The maximum atomic E-state index is 13.6. The van der Waals surface area contributed by atoms with Gasteiger partial charge in [0.2, 0.25) is 0 Å². The molecule has 17 heavy (non-hydrogen) atoms. The first kappa shape index (κ1) is 11.3. The summed E-state index contributed by atoms with van der Waals surface area (Å²) in [6, 6.07) is 4.60. The third kappa shape index (κ3) is 2.04. The van der Waals surface area contributed by atoms with Gasteiger partial charge in [0.05, 0.1) is 24.2 Å². The predicted molar refractivity (Wildman–Crippen MR) is 63.1 cm³/mol. The highest BCUT2D eigenvalue weighted by Crippen LogP contribution is 2.28. The molecule has 1 aromatic carbocycles. The third-order valence-corrected chi connectivity index (χ3v) is 2.51. The van der Waals surface area contributed by atoms with E-state index >= 15 is 0 Å². The molecule has 0 radical (unpaired) electrons. The van der Waals surface area contributed by atoms with E-state index in [1.54, 1.807) is 19.1 Å². The second kappa shape index (κ2) is 4.37. The minimum Gasteiger partial charge on any atom is -0.494 e. The van der Waals surface area contributed by atoms with Gasteiger partial charge in [-0.1, -0.05) is 0 Å². The van der Waals surface area contributed by atoms with Crippen LogP contribution in [0, 0.1) is 12.7 Å². The molecule has 0 fully saturated rings. The van der Waals surface area contributed by atoms with Crippen molar-refractivity contribution in [1.82, 2.24) is 9.97 Å². The van der Waals surface area contributed by atoms with Gasteiger partial charge in [-0.25, -0.2) is 14.4 Å². The maximum Gasteiger partial charge on any atom is 0.165 e. The van der Waals surface area contributed by atoms with Crippen LogP contribution < -0.4 is 10.5 Å². The molecule has 1 aromatic heterocycles. The Kier molecular flexibility index (Phi) is 2.91. The summed E-state index contributed by atoms with van der Waals surface area (Å²) in [6.07, 6.45) is 1.41. The largest absolute Gasteiger partial charge is 0.494 e. The minimum absolute atomic E-state index is 0.193. The Morgan fingerprint density at radius 1 is 1.29 bits per heavy atom. The molecule has 0 unspecified atom stereocenters. The normalized spacial score (nSPS) is 10.3. The number of nitrogens with two attached hydrogens (primary N) is 1. The highest BCUT2D eigenvalue weighted by atomic mass is 19.1. The van der Waals surface area contributed by atoms with Gasteiger partial charge in [-0.2, -0.15) is 0 Å². The molecular formula is C12H12FN3O. The molecule has 2 aromatic rings. The number of aryl methyl sites for hydroxylation is 1. The molecule has 0 aliphatic rings. The highest BCUT2D eigenvalue weighted by molar-refractivity contribution is 5.73. The van der Waals surface area contributed by atoms with Gasteiger partial charge < -0.3 is 10.5 Å². The summed E-state index contributed by atoms with van der Waals surface area (Å²) in [5, 5.41) is 0. The summed E-state index contributed by atoms with van der Waals surface area (Å²) in [4.78, 5) is 8.03. The first-order chi connectivity index (χ1) is 8.13. The molecule has 0 saturated heterocycles. The van der Waals surface area contributed by atoms with Gasteiger partial charge in [0, 0.05) is 5.56 Å². The lowest BCUT2D eigenvalue weighted by molar-refractivity contribution is 0.386. The zero-order valence-electron chi connectivity index (χ0n) is 9.57. The molecule has 0 atom stereocenters. The van der Waals surface area contributed by atoms with Gasteiger partial charge in [-0.15, -0.1) is 0 Å². The van der Waals surface area contributed by atoms with E-state index in [1.807, 2.05) is 0 Å². The molecule has 0 spiro atoms. The van der Waals surface area contributed by atoms with Gasteiger partial charge in [0.15, 0.2) is 11.6 Å². The fourth-order valence-corrected chi connectivity index (χ4v) is 1.53. The zero-order valence-corrected chi connectivity index (χ0v) is 9.57. The van der Waals surface area contributed by atoms with Crippen molar-refractivity contribution in [3.05, 3.63) is 36.0 Å². The molecule has 2 N–H and O–H groups in total. The van der Waals surface area contributed by atoms with E-state index < -0.39 is 5.82 Å². The molecular weight excluding hydrogens is 221 g/mol. The number of anilines is 1. The quantitative estimate of drug-likeness (QED) is 0.863. The van der Waals surface area contributed by atoms with Gasteiger partial charge in [-0.05, 0) is 25.1 Å². The number of hydrogen-bond donors (Lipinski definition) is 1. The van der Waals surface area contributed by atoms with E-state index in [4.69, 9.17) is 10.5 Å². The first-order valence-corrected chi connectivity index (χ1v) is 5.04. The zero-order chi connectivity index (χ0) is 12.4. The number of nitrogens with zero attached hydrogens (tertiary/aromatic N) is 2. The van der Waals surface area contributed by atoms with Crippen molar-refractivity contribution in [3.63, 3.8) is 0 Å². The molecule has 0 bridgehead atoms. The summed E-state index contributed by atoms with van der Waals surface area (Å²) in [5.41, 5.74) is 8.11. The summed E-state index contributed by atoms with van der Waals surface area (Å²) in [7, 11) is 1.42. The number of benzene rings is 1. The Bertz CT molecular complexity index is 557. The van der Waals surface area contributed by atoms with Crippen molar-refractivity contribution in [2.45, 2.75) is 6.92 Å². The number of ether oxygens (including phenoxy) is 1. The molecule has 1 heterocycles. The van der Waals surface area contributed by atoms with Gasteiger partial charge in [-0.3, -0.25) is 0 Å². The summed E-state index contributed by atoms with van der Waals surface area (Å²) < 4.78 is 18.4. The predicted octanol–water partition coefficient (Wildman–Crippen LogP) is 2.18. The van der Waals surface area contributed by atoms with Crippen molar-refractivity contribution >= 4 is 5.69 Å². The SMILES string of the molecule is COc1ccc(-c2ncnc(C)c2N)cc1F. The Labute approximate surface area is 98.3 Å². The van der Waals surface area contributed by atoms with Crippen LogP contribution in [0.5, 0.6) is 5.75 Å². The van der Waals surface area contributed by atoms with Gasteiger partial charge in [0.1, 0.15) is 6.33 Å². The van der Waals surface area contributed by atoms with Crippen molar-refractivity contribution in [2.24, 2.45) is 0 Å². The fourth-order valence-electron chi connectivity index (χ4n) is 1.53. The van der Waals surface area contributed by atoms with E-state index in [0.717, 1.165) is 0 Å². The van der Waals surface area contributed by atoms with Crippen LogP contribution >= 0.6 is 0 Å². The number of rotatable bonds is 2. The van der Waals surface area contributed by atoms with Crippen molar-refractivity contribution in [3.8, 4) is 17.0 Å². The molecule has 4 nitrogen and oxygen atoms in total. The van der Waals surface area contributed by atoms with E-state index in [2.05, 4.69) is 9.97 Å². The first-order valence-electron chi connectivity index (χ1n) is 5.04. The fraction of sp³-hybridized carbons (Fsp3) is 0.167. The Balaban J connectivity index is 2.54. The molecule has 2 rings (SSSR count). The van der Waals surface area contributed by atoms with Crippen LogP contribution in [0.2, 0.25) is 0 Å². The van der Waals surface area contributed by atoms with Crippen LogP contribution in [0.4, 0.5) is 10.1 Å². The van der Waals surface area contributed by atoms with E-state index in [1.165, 1.54) is 19.5 Å². The number of halogens is 1. The monoisotopic (exact) mass is 233 g/mol. The highest BCUT2D eigenvalue weighted by Gasteiger charge is 2.10. The van der Waals surface area contributed by atoms with Crippen LogP contribution in [0.3, 0.4) is 0 Å². The number of hydrogen-bond acceptors (Lipinski definition) is 4. The second-order valence-electron chi connectivity index (χ2n) is 3.57. The van der Waals surface area contributed by atoms with E-state index in [0.29, 0.717) is 22.6 Å². The van der Waals surface area contributed by atoms with Crippen LogP contribution in [-0.2, 0) is 0 Å². The number of aromatic nitrogens is 2. The standard InChI is InChI=1S/C12H12FN3O/c1-7-11(14)12(16-6-15-7)8-3-4-10(17-2)9(13)5-8/h3-6H,14H2,1-2H3. The third-order valence-electron chi connectivity index (χ3n) is 2.51. The summed E-state index contributed by atoms with van der Waals surface area (Å²) >= 11 is 0. The van der Waals surface area contributed by atoms with Crippen molar-refractivity contribution < 1.29 is 9.13 Å². The number of nitrogen functional groups attached to an aromatic ring is 1. The van der Waals surface area contributed by atoms with E-state index in [-0.39, 0.29) is 5.75 Å². The smallest absolute Gasteiger partial charge is 0.165 e. The average Bonchev–Trinajstić information content (AvgIpc) is 2.32. The Morgan fingerprint density at radius 3 is 2.71 bits per heavy atom. The van der Waals surface area contributed by atoms with Crippen LogP contribution in [0.15, 0.2) is 24.5 Å². The lowest BCUT2D eigenvalue weighted by Crippen LogP contribution is -1.99. The van der Waals surface area contributed by atoms with Crippen LogP contribution in [0.25, 0.3) is 11.3 Å². The van der Waals surface area contributed by atoms with E-state index in [9.17, 15) is 4.39 Å². The molecule has 0 aliphatic heterocycles. The Hall–Kier alpha value is -2.17. The topological polar surface area (TPSA) is 61.0 Å². The van der Waals surface area contributed by atoms with Gasteiger partial charge >= 0.3 is 0 Å². The summed E-state index contributed by atoms with van der Waals surface area (Å²) in [5.74, 6) is -0.251. The van der Waals surface area contributed by atoms with Crippen molar-refractivity contribution in [2.75, 3.05) is 12.8 Å². The van der Waals surface area contributed by atoms with Crippen LogP contribution in [-0.4, -0.2) is 17.1 Å². The van der Waals surface area contributed by atoms with Gasteiger partial charge in [0.25, 0.3) is 0 Å². The summed E-state index contributed by atoms with van der Waals surface area (Å²) in [6.45, 7) is 1.78. The van der Waals surface area contributed by atoms with Crippen molar-refractivity contribution in [1.29, 1.82) is 0 Å². The molecule has 0 saturated carbocycles. The average molecular weight is 233 g/mol. The molecule has 88 valence electrons. The molecule has 0 amide bonds. The lowest BCUT2D eigenvalue weighted by Gasteiger charge is -2.08. The Morgan fingerprint density at radius 2 is 2.06 bits per heavy atom. The maximum absolute atomic E-state index is 13.6. The molecule has 5 heteroatoms. The molecule has 0 aliphatic carbocycles. The second-order valence-corrected chi connectivity index (χ2v) is 3.57. The minimum atomic E-state index is -0.444. The number of methoxy groups -OCH3 is 1.